The molecule has 0 saturated heterocycles. The van der Waals surface area contributed by atoms with Gasteiger partial charge in [-0.15, -0.1) is 5.11 Å². The third-order valence-corrected chi connectivity index (χ3v) is 4.88. The van der Waals surface area contributed by atoms with Crippen molar-refractivity contribution < 1.29 is 13.9 Å². The zero-order valence-electron chi connectivity index (χ0n) is 16.2. The Morgan fingerprint density at radius 3 is 2.65 bits per heavy atom. The molecule has 2 aromatic heterocycles. The fourth-order valence-corrected chi connectivity index (χ4v) is 3.21. The van der Waals surface area contributed by atoms with E-state index in [0.29, 0.717) is 0 Å². The van der Waals surface area contributed by atoms with Crippen LogP contribution in [0, 0.1) is 0 Å². The molecular weight excluding hydrogens is 415 g/mol. The summed E-state index contributed by atoms with van der Waals surface area (Å²) in [6.45, 7) is -0.893. The number of carbonyl (C=O) groups is 1. The number of amides is 1. The molecule has 0 aromatic carbocycles. The molecule has 7 nitrogen and oxygen atoms in total. The molecule has 2 aromatic rings. The molecule has 31 heavy (non-hydrogen) atoms. The maximum Gasteiger partial charge on any atom is 0.275 e. The quantitative estimate of drug-likeness (QED) is 0.546. The van der Waals surface area contributed by atoms with Crippen molar-refractivity contribution in [3.63, 3.8) is 0 Å². The second-order valence-electron chi connectivity index (χ2n) is 7.00. The molecule has 0 saturated carbocycles. The highest BCUT2D eigenvalue weighted by Crippen LogP contribution is 2.29. The van der Waals surface area contributed by atoms with Gasteiger partial charge in [-0.1, -0.05) is 23.1 Å². The Morgan fingerprint density at radius 1 is 1.32 bits per heavy atom. The van der Waals surface area contributed by atoms with Crippen LogP contribution in [-0.4, -0.2) is 80.8 Å². The molecule has 3 N–H and O–H groups in total. The van der Waals surface area contributed by atoms with Gasteiger partial charge >= 0.3 is 0 Å². The van der Waals surface area contributed by atoms with E-state index in [-0.39, 0.29) is 57.9 Å². The summed E-state index contributed by atoms with van der Waals surface area (Å²) in [7, 11) is 28.8. The van der Waals surface area contributed by atoms with E-state index >= 15 is 0 Å². The Labute approximate surface area is 190 Å². The van der Waals surface area contributed by atoms with Crippen LogP contribution in [0.4, 0.5) is 10.2 Å². The first-order chi connectivity index (χ1) is 14.5. The van der Waals surface area contributed by atoms with Crippen LogP contribution < -0.4 is 22.1 Å². The number of hydrogen-bond acceptors (Lipinski definition) is 6. The van der Waals surface area contributed by atoms with E-state index < -0.39 is 23.2 Å². The Kier molecular flexibility index (Phi) is 6.57. The Hall–Kier alpha value is -2.26. The van der Waals surface area contributed by atoms with E-state index in [0.717, 1.165) is 0 Å². The maximum absolute atomic E-state index is 13.9. The molecule has 1 unspecified atom stereocenters. The van der Waals surface area contributed by atoms with Crippen molar-refractivity contribution in [3.8, 4) is 0 Å². The largest absolute Gasteiger partial charge is 0.385 e. The first kappa shape index (κ1) is 23.4. The lowest BCUT2D eigenvalue weighted by atomic mass is 9.38. The highest BCUT2D eigenvalue weighted by atomic mass is 35.5. The number of halogens is 2. The average molecular weight is 427 g/mol. The van der Waals surface area contributed by atoms with Crippen LogP contribution in [0.5, 0.6) is 0 Å². The van der Waals surface area contributed by atoms with Gasteiger partial charge in [0.2, 0.25) is 0 Å². The molecule has 0 fully saturated rings. The molecule has 1 aliphatic rings. The summed E-state index contributed by atoms with van der Waals surface area (Å²) in [6, 6.07) is 4.55. The fraction of sp³-hybridized carbons (Fsp3) is 0.294. The van der Waals surface area contributed by atoms with Crippen LogP contribution in [0.3, 0.4) is 0 Å². The summed E-state index contributed by atoms with van der Waals surface area (Å²) in [6.07, 6.45) is 0. The van der Waals surface area contributed by atoms with Gasteiger partial charge in [0.1, 0.15) is 46.3 Å². The minimum atomic E-state index is -2.04. The summed E-state index contributed by atoms with van der Waals surface area (Å²) in [5.74, 6) is -0.643. The first-order valence-corrected chi connectivity index (χ1v) is 9.24. The van der Waals surface area contributed by atoms with Crippen molar-refractivity contribution in [1.29, 1.82) is 0 Å². The zero-order chi connectivity index (χ0) is 23.0. The summed E-state index contributed by atoms with van der Waals surface area (Å²) in [4.78, 5) is 25.3. The second kappa shape index (κ2) is 8.71. The number of carbonyl (C=O) groups excluding carboxylic acids is 1. The Balaban J connectivity index is 1.99. The number of pyridine rings is 2. The van der Waals surface area contributed by atoms with Crippen LogP contribution in [-0.2, 0) is 15.4 Å². The number of nitrogens with zero attached hydrogens (tertiary/aromatic N) is 3. The predicted molar refractivity (Wildman–Crippen MR) is 121 cm³/mol. The number of ether oxygens (including phenoxy) is 1. The van der Waals surface area contributed by atoms with E-state index in [2.05, 4.69) is 20.3 Å². The van der Waals surface area contributed by atoms with Gasteiger partial charge < -0.3 is 15.8 Å². The normalized spacial score (nSPS) is 19.0. The molecule has 1 aliphatic heterocycles. The van der Waals surface area contributed by atoms with Crippen molar-refractivity contribution in [1.82, 2.24) is 9.97 Å². The smallest absolute Gasteiger partial charge is 0.275 e. The summed E-state index contributed by atoms with van der Waals surface area (Å²) in [5, 5.41) is 0.315. The van der Waals surface area contributed by atoms with Crippen LogP contribution in [0.1, 0.15) is 21.7 Å². The minimum absolute atomic E-state index is 0.0474. The Morgan fingerprint density at radius 2 is 2.03 bits per heavy atom. The van der Waals surface area contributed by atoms with Gasteiger partial charge in [-0.3, -0.25) is 14.8 Å². The van der Waals surface area contributed by atoms with Crippen molar-refractivity contribution >= 4 is 79.4 Å². The topological polar surface area (TPSA) is 102 Å². The highest BCUT2D eigenvalue weighted by molar-refractivity contribution is 6.62. The minimum Gasteiger partial charge on any atom is -0.385 e. The summed E-state index contributed by atoms with van der Waals surface area (Å²) in [5.41, 5.74) is 3.51. The SMILES string of the molecule is [B]c1nc(C(=O)Nc2cccc(C3(CF)COCC(N)=N3)n2)c(C([B])([B])[B])c([B])c1Cl. The molecule has 10 radical (unpaired) electrons. The fourth-order valence-electron chi connectivity index (χ4n) is 3.07. The second-order valence-corrected chi connectivity index (χ2v) is 7.38. The number of anilines is 1. The van der Waals surface area contributed by atoms with Gasteiger partial charge in [0.15, 0.2) is 5.54 Å². The Bertz CT molecular complexity index is 1070. The van der Waals surface area contributed by atoms with E-state index in [1.165, 1.54) is 12.1 Å². The molecule has 3 rings (SSSR count). The molecule has 146 valence electrons. The zero-order valence-corrected chi connectivity index (χ0v) is 17.0. The molecule has 14 heteroatoms. The maximum atomic E-state index is 13.9. The molecule has 1 amide bonds. The van der Waals surface area contributed by atoms with Gasteiger partial charge in [0.05, 0.1) is 35.8 Å². The van der Waals surface area contributed by atoms with Crippen LogP contribution in [0.2, 0.25) is 5.02 Å². The molecular formula is C17H12B5ClFN5O2. The monoisotopic (exact) mass is 427 g/mol. The number of nitrogens with two attached hydrogens (primary N) is 1. The first-order valence-electron chi connectivity index (χ1n) is 8.87. The third-order valence-electron chi connectivity index (χ3n) is 4.48. The molecule has 3 heterocycles. The number of aromatic nitrogens is 2. The lowest BCUT2D eigenvalue weighted by Gasteiger charge is -2.30. The average Bonchev–Trinajstić information content (AvgIpc) is 2.70. The lowest BCUT2D eigenvalue weighted by Crippen LogP contribution is -2.42. The predicted octanol–water partition coefficient (Wildman–Crippen LogP) is -1.86. The van der Waals surface area contributed by atoms with Crippen LogP contribution >= 0.6 is 11.6 Å². The van der Waals surface area contributed by atoms with Crippen molar-refractivity contribution in [2.45, 2.75) is 10.7 Å². The molecule has 0 bridgehead atoms. The van der Waals surface area contributed by atoms with Crippen molar-refractivity contribution in [2.75, 3.05) is 25.2 Å². The van der Waals surface area contributed by atoms with Gasteiger partial charge in [-0.2, -0.15) is 0 Å². The van der Waals surface area contributed by atoms with Crippen LogP contribution in [0.25, 0.3) is 0 Å². The number of rotatable bonds is 5. The van der Waals surface area contributed by atoms with E-state index in [9.17, 15) is 9.18 Å². The van der Waals surface area contributed by atoms with Gasteiger partial charge in [0.25, 0.3) is 5.91 Å². The summed E-state index contributed by atoms with van der Waals surface area (Å²) >= 11 is 5.98. The standard InChI is InChI=1S/C17H12B5ClFN5O2/c18-11-10(17(20,21)22)13(28-14(19)12(11)23)15(30)27-9-3-1-2-7(26-9)16(5-24)6-31-4-8(25)29-16/h1-3H,4-6H2,(H2,25,29)(H,26,27,30). The van der Waals surface area contributed by atoms with Gasteiger partial charge in [-0.05, 0) is 17.7 Å². The van der Waals surface area contributed by atoms with E-state index in [1.807, 2.05) is 0 Å². The van der Waals surface area contributed by atoms with E-state index in [1.54, 1.807) is 6.07 Å². The lowest BCUT2D eigenvalue weighted by molar-refractivity contribution is 0.0807. The van der Waals surface area contributed by atoms with Crippen molar-refractivity contribution in [2.24, 2.45) is 10.7 Å². The number of alkyl halides is 1. The molecule has 0 aliphatic carbocycles. The number of nitrogens with one attached hydrogen (secondary N) is 1. The number of hydrogen-bond donors (Lipinski definition) is 2. The highest BCUT2D eigenvalue weighted by Gasteiger charge is 2.37. The van der Waals surface area contributed by atoms with Crippen molar-refractivity contribution in [3.05, 3.63) is 40.2 Å². The molecule has 0 spiro atoms. The van der Waals surface area contributed by atoms with Crippen LogP contribution in [0.15, 0.2) is 23.2 Å². The molecule has 1 atom stereocenters. The number of aliphatic imine (C=N–C) groups is 1. The van der Waals surface area contributed by atoms with Gasteiger partial charge in [-0.25, -0.2) is 9.37 Å². The third kappa shape index (κ3) is 4.67. The number of amidine groups is 1. The van der Waals surface area contributed by atoms with E-state index in [4.69, 9.17) is 61.3 Å². The van der Waals surface area contributed by atoms with Gasteiger partial charge in [0, 0.05) is 10.6 Å². The summed E-state index contributed by atoms with van der Waals surface area (Å²) < 4.78 is 19.2.